The molecule has 6 fully saturated rings. The number of carbonyl (C=O) groups is 7. The smallest absolute Gasteiger partial charge is 0.286 e. The fourth-order valence-corrected chi connectivity index (χ4v) is 21.3. The third-order valence-electron chi connectivity index (χ3n) is 21.1. The van der Waals surface area contributed by atoms with E-state index in [-0.39, 0.29) is 53.6 Å². The molecule has 10 aromatic carbocycles. The molecule has 131 heavy (non-hydrogen) atoms. The van der Waals surface area contributed by atoms with Gasteiger partial charge in [-0.05, 0) is 232 Å². The van der Waals surface area contributed by atoms with E-state index in [9.17, 15) is 33.6 Å². The number of thiocarbonyl (C=S) groups is 4. The topological polar surface area (TPSA) is 314 Å². The maximum absolute atomic E-state index is 11.8. The van der Waals surface area contributed by atoms with Crippen molar-refractivity contribution in [1.82, 2.24) is 10.6 Å². The second kappa shape index (κ2) is 39.4. The van der Waals surface area contributed by atoms with Gasteiger partial charge >= 0.3 is 0 Å². The van der Waals surface area contributed by atoms with E-state index in [0.717, 1.165) is 192 Å². The Balaban J connectivity index is 0.000000103. The lowest BCUT2D eigenvalue weighted by molar-refractivity contribution is -0.116. The molecule has 0 aliphatic carbocycles. The number of rotatable bonds is 7. The van der Waals surface area contributed by atoms with Crippen LogP contribution in [0.4, 0.5) is 0 Å². The Morgan fingerprint density at radius 2 is 0.679 bits per heavy atom. The number of benzene rings is 10. The molecule has 0 bridgehead atoms. The van der Waals surface area contributed by atoms with Crippen molar-refractivity contribution in [3.63, 3.8) is 0 Å². The van der Waals surface area contributed by atoms with E-state index in [1.807, 2.05) is 237 Å². The highest BCUT2D eigenvalue weighted by Gasteiger charge is 2.29. The molecule has 646 valence electrons. The highest BCUT2D eigenvalue weighted by molar-refractivity contribution is 8.28. The summed E-state index contributed by atoms with van der Waals surface area (Å²) in [6.07, 6.45) is 19.8. The van der Waals surface area contributed by atoms with Crippen LogP contribution in [0.25, 0.3) is 130 Å². The number of hydrogen-bond donors (Lipinski definition) is 5. The van der Waals surface area contributed by atoms with Gasteiger partial charge in [-0.15, -0.1) is 0 Å². The van der Waals surface area contributed by atoms with Gasteiger partial charge in [0.15, 0.2) is 39.2 Å². The lowest BCUT2D eigenvalue weighted by atomic mass is 10.1. The molecule has 6 N–H and O–H groups in total. The van der Waals surface area contributed by atoms with E-state index < -0.39 is 0 Å². The number of aliphatic imine (C=N–C) groups is 1. The van der Waals surface area contributed by atoms with E-state index in [1.165, 1.54) is 81.7 Å². The molecule has 0 spiro atoms. The molecule has 0 unspecified atom stereocenters. The van der Waals surface area contributed by atoms with Crippen LogP contribution in [0.1, 0.15) is 82.2 Å². The molecule has 9 aliphatic heterocycles. The van der Waals surface area contributed by atoms with Crippen LogP contribution in [0.2, 0.25) is 0 Å². The number of Topliss-reactive ketones (excluding diaryl/α,β-unsaturated/α-hetero) is 5. The second-order valence-corrected chi connectivity index (χ2v) is 39.7. The van der Waals surface area contributed by atoms with Crippen LogP contribution in [0, 0.1) is 10.8 Å². The number of nitrogens with zero attached hydrogens (tertiary/aromatic N) is 1. The lowest BCUT2D eigenvalue weighted by Crippen LogP contribution is -2.21. The molecule has 24 rings (SSSR count). The Hall–Kier alpha value is -13.0. The summed E-state index contributed by atoms with van der Waals surface area (Å²) in [6, 6.07) is 68.8. The minimum atomic E-state index is -0.260. The van der Waals surface area contributed by atoms with Crippen LogP contribution in [-0.2, 0) is 46.4 Å². The second-order valence-electron chi connectivity index (χ2n) is 30.3. The number of allylic oxidation sites excluding steroid dienone is 5. The summed E-state index contributed by atoms with van der Waals surface area (Å²) in [5.74, 6) is 1.86. The summed E-state index contributed by atoms with van der Waals surface area (Å²) in [5.41, 5.74) is 22.0. The van der Waals surface area contributed by atoms with Crippen molar-refractivity contribution < 1.29 is 65.1 Å². The lowest BCUT2D eigenvalue weighted by Gasteiger charge is -2.00. The summed E-state index contributed by atoms with van der Waals surface area (Å²) in [7, 11) is 0. The SMILES string of the molecule is N=C1CC(=O)/C(=C/c2ccc3oc4ccccc4c3c2)S1.N=C1CC(=O)/C(=C/c2ccc3occc3c2)S1.NC1=NC(=O)/C(=C/c2ccc3c(c2)CCO3)S1.O=C1CC(=S)S/C1=C\c1ccc2c(c1)CCO2.O=C1CC(=S)S/C1=C\c1ccc2oc3ccccc3c2c1.O=C1CC(=S)S/C1=C\c1ccc2occc2c1.O=C1NC(=S)N/C1=C\c1ccc2oc3ccccc3c2c1. The van der Waals surface area contributed by atoms with Gasteiger partial charge in [0.2, 0.25) is 0 Å². The van der Waals surface area contributed by atoms with Crippen molar-refractivity contribution in [2.75, 3.05) is 13.2 Å². The first-order chi connectivity index (χ1) is 63.5. The van der Waals surface area contributed by atoms with Crippen LogP contribution in [0.15, 0.2) is 287 Å². The maximum Gasteiger partial charge on any atom is 0.286 e. The van der Waals surface area contributed by atoms with Gasteiger partial charge in [-0.2, -0.15) is 4.99 Å². The van der Waals surface area contributed by atoms with Crippen LogP contribution in [0.3, 0.4) is 0 Å². The zero-order valence-corrected chi connectivity index (χ0v) is 76.8. The predicted molar refractivity (Wildman–Crippen MR) is 548 cm³/mol. The Kier molecular flexibility index (Phi) is 26.6. The first kappa shape index (κ1) is 88.7. The maximum atomic E-state index is 11.8. The van der Waals surface area contributed by atoms with E-state index in [4.69, 9.17) is 97.0 Å². The number of furan rings is 5. The van der Waals surface area contributed by atoms with Crippen LogP contribution in [0.5, 0.6) is 11.5 Å². The molecule has 5 aromatic heterocycles. The van der Waals surface area contributed by atoms with E-state index >= 15 is 0 Å². The predicted octanol–water partition coefficient (Wildman–Crippen LogP) is 24.3. The van der Waals surface area contributed by atoms with Gasteiger partial charge in [0, 0.05) is 55.9 Å². The van der Waals surface area contributed by atoms with Gasteiger partial charge in [0.25, 0.3) is 11.8 Å². The van der Waals surface area contributed by atoms with Crippen molar-refractivity contribution in [2.24, 2.45) is 10.7 Å². The quantitative estimate of drug-likeness (QED) is 0.0731. The minimum absolute atomic E-state index is 0.0298. The number of amides is 2. The molecular formula is C101H68N6O14S10. The number of ether oxygens (including phenoxy) is 2. The monoisotopic (exact) mass is 1910 g/mol. The normalized spacial score (nSPS) is 18.4. The average Bonchev–Trinajstić information content (AvgIpc) is 1.64. The van der Waals surface area contributed by atoms with Gasteiger partial charge < -0.3 is 42.6 Å². The molecule has 14 heterocycles. The van der Waals surface area contributed by atoms with Crippen LogP contribution in [-0.4, -0.2) is 86.9 Å². The molecule has 2 amide bonds. The molecule has 30 heteroatoms. The summed E-state index contributed by atoms with van der Waals surface area (Å²) in [5, 5.41) is 30.3. The fourth-order valence-electron chi connectivity index (χ4n) is 15.0. The molecule has 9 aliphatic rings. The minimum Gasteiger partial charge on any atom is -0.493 e. The number of nitrogens with two attached hydrogens (primary N) is 1. The van der Waals surface area contributed by atoms with Crippen molar-refractivity contribution >= 4 is 323 Å². The number of nitrogens with one attached hydrogen (secondary N) is 4. The summed E-state index contributed by atoms with van der Waals surface area (Å²) >= 11 is 28.0. The molecule has 0 radical (unpaired) electrons. The average molecular weight is 1910 g/mol. The number of para-hydroxylation sites is 3. The summed E-state index contributed by atoms with van der Waals surface area (Å²) in [4.78, 5) is 89.2. The Morgan fingerprint density at radius 1 is 0.344 bits per heavy atom. The third-order valence-corrected chi connectivity index (χ3v) is 28.0. The summed E-state index contributed by atoms with van der Waals surface area (Å²) < 4.78 is 41.0. The molecule has 0 saturated carbocycles. The first-order valence-electron chi connectivity index (χ1n) is 40.7. The number of hydrogen-bond acceptors (Lipinski definition) is 27. The van der Waals surface area contributed by atoms with Gasteiger partial charge in [-0.3, -0.25) is 49.7 Å². The molecule has 15 aromatic rings. The number of amidine groups is 1. The van der Waals surface area contributed by atoms with Crippen molar-refractivity contribution in [2.45, 2.75) is 44.9 Å². The fraction of sp³-hybridized carbons (Fsp3) is 0.0891. The van der Waals surface area contributed by atoms with Crippen LogP contribution < -0.4 is 25.8 Å². The Morgan fingerprint density at radius 3 is 1.03 bits per heavy atom. The van der Waals surface area contributed by atoms with Gasteiger partial charge in [-0.25, -0.2) is 0 Å². The Bertz CT molecular complexity index is 7250. The van der Waals surface area contributed by atoms with Gasteiger partial charge in [0.05, 0.1) is 110 Å². The number of fused-ring (bicyclic) bond motifs is 13. The number of carbonyl (C=O) groups excluding carboxylic acids is 7. The van der Waals surface area contributed by atoms with Gasteiger partial charge in [0.1, 0.15) is 61.9 Å². The Labute approximate surface area is 793 Å². The van der Waals surface area contributed by atoms with E-state index in [2.05, 4.69) is 27.8 Å². The molecule has 6 saturated heterocycles. The van der Waals surface area contributed by atoms with Crippen molar-refractivity contribution in [3.05, 3.63) is 310 Å². The number of thioether (sulfide) groups is 6. The highest BCUT2D eigenvalue weighted by Crippen LogP contribution is 2.41. The molecule has 0 atom stereocenters. The van der Waals surface area contributed by atoms with Gasteiger partial charge in [-0.1, -0.05) is 193 Å². The first-order valence-corrected chi connectivity index (χ1v) is 47.2. The van der Waals surface area contributed by atoms with E-state index in [1.54, 1.807) is 18.6 Å². The van der Waals surface area contributed by atoms with E-state index in [0.29, 0.717) is 60.0 Å². The molecular weight excluding hydrogens is 1840 g/mol. The van der Waals surface area contributed by atoms with Crippen molar-refractivity contribution in [3.8, 4) is 11.5 Å². The molecule has 20 nitrogen and oxygen atoms in total. The number of ketones is 5. The highest BCUT2D eigenvalue weighted by atomic mass is 32.2. The largest absolute Gasteiger partial charge is 0.493 e. The zero-order valence-electron chi connectivity index (χ0n) is 68.6. The standard InChI is InChI=1S/C17H11NO2S.C17H10O2S2.C16H10N2O2S.C13H9NO2S.C13H10O2S2.C13H8O2S2.C12H10N2O2S/c18-17-9-13(19)16(21-17)8-10-5-6-15-12(7-10)11-3-1-2-4-14(11)20-15;18-13-9-17(20)21-16(13)8-10-5-6-15-12(7-10)11-3-1-2-4-14(11)19-15;19-15-12(17-16(21)18-15)8-9-5-6-14-11(7-9)10-3-1-2-4-13(10)20-14;14-13-7-10(15)12(17-13)6-8-1-2-11-9(5-8)3-4-16-11;2*14-10-7-13(16)17-12(10)6-8-1-2-11-9(5-8)3-4-15-11;13-12-14-11(15)10(17-12)6-7-1-2-9-8(5-7)3-4-16-9/h1-8,18H,9H2;1-8H,9H2;1-8H,(H2,17,18,19,21);1-6,14H,7H2;1-2,5-6H,3-4,7H2;1-6H,7H2;1-2,5-6H,3-4H2,(H2,13,14,15)/b16-8-,18-17?;16-8-;12-8-;12-6-,14-13?;2*12-6-;10-6-. The summed E-state index contributed by atoms with van der Waals surface area (Å²) in [6.45, 7) is 1.49. The zero-order chi connectivity index (χ0) is 90.5. The third kappa shape index (κ3) is 21.1. The van der Waals surface area contributed by atoms with Crippen LogP contribution >= 0.6 is 119 Å². The van der Waals surface area contributed by atoms with Crippen molar-refractivity contribution in [1.29, 1.82) is 10.8 Å².